The van der Waals surface area contributed by atoms with Gasteiger partial charge in [-0.25, -0.2) is 0 Å². The highest BCUT2D eigenvalue weighted by Gasteiger charge is 2.13. The zero-order valence-electron chi connectivity index (χ0n) is 19.1. The molecule has 0 saturated carbocycles. The van der Waals surface area contributed by atoms with Crippen molar-refractivity contribution in [1.29, 1.82) is 0 Å². The second-order valence-electron chi connectivity index (χ2n) is 7.63. The average Bonchev–Trinajstić information content (AvgIpc) is 2.72. The molecule has 1 heterocycles. The lowest BCUT2D eigenvalue weighted by Gasteiger charge is -2.15. The maximum Gasteiger partial charge on any atom is 0.248 e. The first kappa shape index (κ1) is 26.0. The Morgan fingerprint density at radius 3 is 2.26 bits per heavy atom. The van der Waals surface area contributed by atoms with Gasteiger partial charge in [-0.3, -0.25) is 4.79 Å². The molecule has 0 spiro atoms. The van der Waals surface area contributed by atoms with Gasteiger partial charge in [-0.15, -0.1) is 0 Å². The van der Waals surface area contributed by atoms with Crippen LogP contribution in [0.5, 0.6) is 5.75 Å². The van der Waals surface area contributed by atoms with E-state index in [1.54, 1.807) is 24.3 Å². The number of anilines is 2. The van der Waals surface area contributed by atoms with E-state index in [4.69, 9.17) is 11.5 Å². The van der Waals surface area contributed by atoms with Gasteiger partial charge in [0.05, 0.1) is 23.0 Å². The number of phenols is 1. The van der Waals surface area contributed by atoms with Crippen LogP contribution in [0.25, 0.3) is 10.9 Å². The van der Waals surface area contributed by atoms with E-state index in [0.717, 1.165) is 11.5 Å². The number of benzene rings is 2. The number of aromatic nitrogens is 1. The van der Waals surface area contributed by atoms with Gasteiger partial charge in [0.2, 0.25) is 5.56 Å². The number of fused-ring (bicyclic) bond motifs is 1. The molecule has 3 rings (SSSR count). The monoisotopic (exact) mass is 428 g/mol. The number of hydrogen-bond acceptors (Lipinski definition) is 6. The summed E-state index contributed by atoms with van der Waals surface area (Å²) >= 11 is 0. The Morgan fingerprint density at radius 2 is 1.65 bits per heavy atom. The molecule has 3 aromatic rings. The molecule has 8 N–H and O–H groups in total. The Hall–Kier alpha value is -3.03. The molecular weight excluding hydrogens is 392 g/mol. The predicted octanol–water partition coefficient (Wildman–Crippen LogP) is 3.91. The van der Waals surface area contributed by atoms with Gasteiger partial charge in [0.25, 0.3) is 0 Å². The smallest absolute Gasteiger partial charge is 0.248 e. The third kappa shape index (κ3) is 7.96. The largest absolute Gasteiger partial charge is 0.506 e. The van der Waals surface area contributed by atoms with Crippen molar-refractivity contribution >= 4 is 22.3 Å². The number of nitrogens with one attached hydrogen (secondary N) is 2. The van der Waals surface area contributed by atoms with Crippen LogP contribution in [-0.2, 0) is 6.54 Å². The molecule has 0 bridgehead atoms. The van der Waals surface area contributed by atoms with Crippen LogP contribution in [0, 0.1) is 5.92 Å². The fourth-order valence-corrected chi connectivity index (χ4v) is 2.75. The van der Waals surface area contributed by atoms with Crippen molar-refractivity contribution in [3.63, 3.8) is 0 Å². The van der Waals surface area contributed by atoms with Crippen LogP contribution < -0.4 is 22.3 Å². The van der Waals surface area contributed by atoms with Gasteiger partial charge in [0.15, 0.2) is 0 Å². The molecule has 0 aliphatic heterocycles. The van der Waals surface area contributed by atoms with Gasteiger partial charge in [0, 0.05) is 24.5 Å². The fourth-order valence-electron chi connectivity index (χ4n) is 2.75. The van der Waals surface area contributed by atoms with E-state index in [2.05, 4.69) is 31.1 Å². The molecule has 7 nitrogen and oxygen atoms in total. The second-order valence-corrected chi connectivity index (χ2v) is 7.63. The summed E-state index contributed by atoms with van der Waals surface area (Å²) in [5, 5.41) is 24.1. The highest BCUT2D eigenvalue weighted by Crippen LogP contribution is 2.28. The number of H-pyrrole nitrogens is 1. The Balaban J connectivity index is 0.000000720. The molecule has 1 aromatic heterocycles. The van der Waals surface area contributed by atoms with E-state index in [-0.39, 0.29) is 11.3 Å². The average molecular weight is 429 g/mol. The van der Waals surface area contributed by atoms with E-state index < -0.39 is 6.10 Å². The van der Waals surface area contributed by atoms with Crippen LogP contribution in [0.1, 0.15) is 51.8 Å². The Morgan fingerprint density at radius 1 is 1.00 bits per heavy atom. The van der Waals surface area contributed by atoms with Crippen molar-refractivity contribution in [2.45, 2.75) is 47.3 Å². The molecule has 0 aliphatic carbocycles. The van der Waals surface area contributed by atoms with Crippen LogP contribution >= 0.6 is 0 Å². The molecule has 1 atom stereocenters. The third-order valence-corrected chi connectivity index (χ3v) is 4.08. The summed E-state index contributed by atoms with van der Waals surface area (Å²) in [6.45, 7) is 11.3. The van der Waals surface area contributed by atoms with Gasteiger partial charge < -0.3 is 32.0 Å². The first-order valence-electron chi connectivity index (χ1n) is 10.6. The zero-order valence-corrected chi connectivity index (χ0v) is 19.1. The van der Waals surface area contributed by atoms with Crippen LogP contribution in [0.4, 0.5) is 11.4 Å². The lowest BCUT2D eigenvalue weighted by molar-refractivity contribution is 0.176. The Labute approximate surface area is 184 Å². The number of hydrogen-bond donors (Lipinski definition) is 6. The van der Waals surface area contributed by atoms with Crippen molar-refractivity contribution in [3.8, 4) is 5.75 Å². The number of pyridine rings is 1. The number of aromatic amines is 1. The minimum Gasteiger partial charge on any atom is -0.506 e. The third-order valence-electron chi connectivity index (χ3n) is 4.08. The molecule has 31 heavy (non-hydrogen) atoms. The highest BCUT2D eigenvalue weighted by molar-refractivity contribution is 5.87. The molecule has 0 aliphatic rings. The molecular formula is C24H36N4O3. The summed E-state index contributed by atoms with van der Waals surface area (Å²) in [5.41, 5.74) is 14.1. The Bertz CT molecular complexity index is 1010. The molecule has 0 fully saturated rings. The SMILES string of the molecule is CC.CC(C)C.Nc1ccc(CNCC(O)c2ccc(O)c3[nH]c(=O)ccc23)cc1N. The molecule has 7 heteroatoms. The van der Waals surface area contributed by atoms with Crippen molar-refractivity contribution in [1.82, 2.24) is 10.3 Å². The lowest BCUT2D eigenvalue weighted by Crippen LogP contribution is -2.21. The number of nitrogen functional groups attached to an aromatic ring is 2. The van der Waals surface area contributed by atoms with E-state index in [9.17, 15) is 15.0 Å². The van der Waals surface area contributed by atoms with Gasteiger partial charge in [-0.1, -0.05) is 46.8 Å². The normalized spacial score (nSPS) is 11.3. The van der Waals surface area contributed by atoms with Gasteiger partial charge >= 0.3 is 0 Å². The summed E-state index contributed by atoms with van der Waals surface area (Å²) < 4.78 is 0. The molecule has 170 valence electrons. The van der Waals surface area contributed by atoms with Gasteiger partial charge in [0.1, 0.15) is 5.75 Å². The molecule has 0 radical (unpaired) electrons. The first-order valence-corrected chi connectivity index (χ1v) is 10.6. The summed E-state index contributed by atoms with van der Waals surface area (Å²) in [6, 6.07) is 11.4. The first-order chi connectivity index (χ1) is 14.7. The maximum absolute atomic E-state index is 11.4. The highest BCUT2D eigenvalue weighted by atomic mass is 16.3. The number of aliphatic hydroxyl groups is 1. The molecule has 0 amide bonds. The van der Waals surface area contributed by atoms with Crippen LogP contribution in [0.2, 0.25) is 0 Å². The number of nitrogens with two attached hydrogens (primary N) is 2. The maximum atomic E-state index is 11.4. The van der Waals surface area contributed by atoms with E-state index >= 15 is 0 Å². The zero-order chi connectivity index (χ0) is 23.6. The van der Waals surface area contributed by atoms with Crippen LogP contribution in [0.15, 0.2) is 47.3 Å². The summed E-state index contributed by atoms with van der Waals surface area (Å²) in [7, 11) is 0. The molecule has 0 saturated heterocycles. The van der Waals surface area contributed by atoms with Crippen LogP contribution in [-0.4, -0.2) is 21.7 Å². The standard InChI is InChI=1S/C18H20N4O3.C4H10.C2H6/c19-13-4-1-10(7-14(13)20)8-21-9-16(24)11-2-5-15(23)18-12(11)3-6-17(25)22-18;1-4(2)3;1-2/h1-7,16,21,23-24H,8-9,19-20H2,(H,22,25);4H,1-3H3;1-2H3. The topological polar surface area (TPSA) is 137 Å². The minimum atomic E-state index is -0.805. The fraction of sp³-hybridized carbons (Fsp3) is 0.375. The quantitative estimate of drug-likeness (QED) is 0.341. The number of aliphatic hydroxyl groups excluding tert-OH is 1. The number of phenolic OH excluding ortho intramolecular Hbond substituents is 1. The summed E-state index contributed by atoms with van der Waals surface area (Å²) in [6.07, 6.45) is -0.805. The summed E-state index contributed by atoms with van der Waals surface area (Å²) in [4.78, 5) is 14.0. The number of aromatic hydroxyl groups is 1. The van der Waals surface area contributed by atoms with Crippen molar-refractivity contribution in [3.05, 3.63) is 63.9 Å². The van der Waals surface area contributed by atoms with Crippen molar-refractivity contribution < 1.29 is 10.2 Å². The minimum absolute atomic E-state index is 0.0334. The van der Waals surface area contributed by atoms with E-state index in [0.29, 0.717) is 40.9 Å². The number of rotatable bonds is 5. The van der Waals surface area contributed by atoms with E-state index in [1.165, 1.54) is 12.1 Å². The lowest BCUT2D eigenvalue weighted by atomic mass is 10.0. The van der Waals surface area contributed by atoms with E-state index in [1.807, 2.05) is 19.9 Å². The van der Waals surface area contributed by atoms with Crippen LogP contribution in [0.3, 0.4) is 0 Å². The van der Waals surface area contributed by atoms with Gasteiger partial charge in [-0.05, 0) is 41.3 Å². The molecule has 2 aromatic carbocycles. The summed E-state index contributed by atoms with van der Waals surface area (Å²) in [5.74, 6) is 0.800. The molecule has 1 unspecified atom stereocenters. The predicted molar refractivity (Wildman–Crippen MR) is 130 cm³/mol. The second kappa shape index (κ2) is 12.6. The van der Waals surface area contributed by atoms with Crippen molar-refractivity contribution in [2.75, 3.05) is 18.0 Å². The Kier molecular flexibility index (Phi) is 10.6. The van der Waals surface area contributed by atoms with Gasteiger partial charge in [-0.2, -0.15) is 0 Å². The van der Waals surface area contributed by atoms with Crippen molar-refractivity contribution in [2.24, 2.45) is 5.92 Å².